The summed E-state index contributed by atoms with van der Waals surface area (Å²) in [6.07, 6.45) is 2.09. The van der Waals surface area contributed by atoms with Gasteiger partial charge in [0.05, 0.1) is 0 Å². The van der Waals surface area contributed by atoms with Gasteiger partial charge in [0.2, 0.25) is 0 Å². The van der Waals surface area contributed by atoms with Crippen molar-refractivity contribution in [2.24, 2.45) is 5.41 Å². The Bertz CT molecular complexity index is 356. The van der Waals surface area contributed by atoms with Crippen LogP contribution in [0.5, 0.6) is 0 Å². The molecular formula is C13H17BrF2S. The lowest BCUT2D eigenvalue weighted by Crippen LogP contribution is -2.23. The van der Waals surface area contributed by atoms with Crippen molar-refractivity contribution < 1.29 is 8.78 Å². The van der Waals surface area contributed by atoms with Crippen molar-refractivity contribution in [1.29, 1.82) is 0 Å². The van der Waals surface area contributed by atoms with E-state index in [0.717, 1.165) is 30.0 Å². The van der Waals surface area contributed by atoms with Crippen LogP contribution < -0.4 is 0 Å². The summed E-state index contributed by atoms with van der Waals surface area (Å²) in [6, 6.07) is 3.76. The molecule has 0 amide bonds. The van der Waals surface area contributed by atoms with E-state index in [0.29, 0.717) is 4.90 Å². The van der Waals surface area contributed by atoms with E-state index in [4.69, 9.17) is 0 Å². The predicted octanol–water partition coefficient (Wildman–Crippen LogP) is 5.26. The van der Waals surface area contributed by atoms with Gasteiger partial charge >= 0.3 is 0 Å². The molecule has 0 heterocycles. The van der Waals surface area contributed by atoms with Gasteiger partial charge in [-0.2, -0.15) is 0 Å². The molecule has 0 spiro atoms. The molecule has 0 nitrogen and oxygen atoms in total. The highest BCUT2D eigenvalue weighted by atomic mass is 79.9. The Morgan fingerprint density at radius 1 is 1.24 bits per heavy atom. The number of thioether (sulfide) groups is 1. The van der Waals surface area contributed by atoms with E-state index in [2.05, 4.69) is 29.8 Å². The van der Waals surface area contributed by atoms with Crippen molar-refractivity contribution in [2.75, 3.05) is 11.1 Å². The lowest BCUT2D eigenvalue weighted by atomic mass is 9.87. The standard InChI is InChI=1S/C13H17BrF2S/c1-3-13(4-2,8-14)9-17-12-6-5-10(15)7-11(12)16/h5-7H,3-4,8-9H2,1-2H3. The van der Waals surface area contributed by atoms with Crippen LogP contribution in [0.15, 0.2) is 23.1 Å². The van der Waals surface area contributed by atoms with Gasteiger partial charge in [0.15, 0.2) is 0 Å². The van der Waals surface area contributed by atoms with Gasteiger partial charge in [-0.3, -0.25) is 0 Å². The first kappa shape index (κ1) is 15.0. The summed E-state index contributed by atoms with van der Waals surface area (Å²) in [7, 11) is 0. The zero-order chi connectivity index (χ0) is 12.9. The molecule has 0 N–H and O–H groups in total. The van der Waals surface area contributed by atoms with Crippen LogP contribution in [0, 0.1) is 17.0 Å². The van der Waals surface area contributed by atoms with E-state index in [-0.39, 0.29) is 5.41 Å². The van der Waals surface area contributed by atoms with E-state index >= 15 is 0 Å². The van der Waals surface area contributed by atoms with Crippen LogP contribution >= 0.6 is 27.7 Å². The fourth-order valence-corrected chi connectivity index (χ4v) is 4.09. The van der Waals surface area contributed by atoms with Crippen LogP contribution in [-0.4, -0.2) is 11.1 Å². The van der Waals surface area contributed by atoms with Gasteiger partial charge in [0, 0.05) is 22.0 Å². The van der Waals surface area contributed by atoms with Crippen molar-refractivity contribution in [3.05, 3.63) is 29.8 Å². The molecule has 1 rings (SSSR count). The molecule has 0 atom stereocenters. The molecule has 0 radical (unpaired) electrons. The third-order valence-electron chi connectivity index (χ3n) is 3.21. The monoisotopic (exact) mass is 322 g/mol. The number of halogens is 3. The highest BCUT2D eigenvalue weighted by Gasteiger charge is 2.25. The summed E-state index contributed by atoms with van der Waals surface area (Å²) in [5, 5.41) is 0.906. The maximum absolute atomic E-state index is 13.5. The van der Waals surface area contributed by atoms with Crippen LogP contribution in [0.3, 0.4) is 0 Å². The molecule has 1 aromatic carbocycles. The third-order valence-corrected chi connectivity index (χ3v) is 5.80. The van der Waals surface area contributed by atoms with Gasteiger partial charge in [-0.15, -0.1) is 11.8 Å². The third kappa shape index (κ3) is 3.95. The second-order valence-electron chi connectivity index (χ2n) is 4.20. The van der Waals surface area contributed by atoms with Gasteiger partial charge in [0.1, 0.15) is 11.6 Å². The zero-order valence-corrected chi connectivity index (χ0v) is 12.5. The van der Waals surface area contributed by atoms with Gasteiger partial charge in [0.25, 0.3) is 0 Å². The number of hydrogen-bond donors (Lipinski definition) is 0. The minimum Gasteiger partial charge on any atom is -0.207 e. The number of rotatable bonds is 6. The van der Waals surface area contributed by atoms with Crippen molar-refractivity contribution in [1.82, 2.24) is 0 Å². The van der Waals surface area contributed by atoms with E-state index in [1.54, 1.807) is 0 Å². The Balaban J connectivity index is 2.72. The van der Waals surface area contributed by atoms with Gasteiger partial charge in [-0.25, -0.2) is 8.78 Å². The topological polar surface area (TPSA) is 0 Å². The van der Waals surface area contributed by atoms with Crippen LogP contribution in [0.4, 0.5) is 8.78 Å². The van der Waals surface area contributed by atoms with Gasteiger partial charge < -0.3 is 0 Å². The second kappa shape index (κ2) is 6.74. The Kier molecular flexibility index (Phi) is 5.93. The first-order chi connectivity index (χ1) is 8.06. The van der Waals surface area contributed by atoms with Crippen molar-refractivity contribution in [2.45, 2.75) is 31.6 Å². The van der Waals surface area contributed by atoms with Crippen molar-refractivity contribution in [3.8, 4) is 0 Å². The molecule has 0 unspecified atom stereocenters. The molecule has 1 aromatic rings. The molecule has 0 aliphatic rings. The Morgan fingerprint density at radius 3 is 2.35 bits per heavy atom. The van der Waals surface area contributed by atoms with Crippen LogP contribution in [0.1, 0.15) is 26.7 Å². The number of alkyl halides is 1. The van der Waals surface area contributed by atoms with E-state index < -0.39 is 11.6 Å². The van der Waals surface area contributed by atoms with E-state index in [1.807, 2.05) is 0 Å². The molecule has 0 aromatic heterocycles. The number of benzene rings is 1. The summed E-state index contributed by atoms with van der Waals surface area (Å²) in [6.45, 7) is 4.29. The zero-order valence-electron chi connectivity index (χ0n) is 10.1. The largest absolute Gasteiger partial charge is 0.207 e. The maximum atomic E-state index is 13.5. The summed E-state index contributed by atoms with van der Waals surface area (Å²) in [5.41, 5.74) is 0.186. The predicted molar refractivity (Wildman–Crippen MR) is 73.9 cm³/mol. The number of hydrogen-bond acceptors (Lipinski definition) is 1. The normalized spacial score (nSPS) is 11.8. The SMILES string of the molecule is CCC(CC)(CBr)CSc1ccc(F)cc1F. The Labute approximate surface area is 114 Å². The lowest BCUT2D eigenvalue weighted by Gasteiger charge is -2.29. The molecule has 0 aliphatic carbocycles. The molecule has 0 saturated carbocycles. The summed E-state index contributed by atoms with van der Waals surface area (Å²) in [4.78, 5) is 0.527. The minimum atomic E-state index is -0.524. The molecule has 17 heavy (non-hydrogen) atoms. The molecule has 0 saturated heterocycles. The fourth-order valence-electron chi connectivity index (χ4n) is 1.50. The first-order valence-corrected chi connectivity index (χ1v) is 7.81. The first-order valence-electron chi connectivity index (χ1n) is 5.70. The quantitative estimate of drug-likeness (QED) is 0.508. The molecule has 0 aliphatic heterocycles. The van der Waals surface area contributed by atoms with Crippen LogP contribution in [0.25, 0.3) is 0 Å². The second-order valence-corrected chi connectivity index (χ2v) is 5.78. The van der Waals surface area contributed by atoms with E-state index in [9.17, 15) is 8.78 Å². The average molecular weight is 323 g/mol. The van der Waals surface area contributed by atoms with Crippen LogP contribution in [-0.2, 0) is 0 Å². The summed E-state index contributed by atoms with van der Waals surface area (Å²) in [5.74, 6) is -0.149. The fraction of sp³-hybridized carbons (Fsp3) is 0.538. The van der Waals surface area contributed by atoms with Gasteiger partial charge in [-0.05, 0) is 30.4 Å². The molecule has 0 bridgehead atoms. The molecule has 0 fully saturated rings. The van der Waals surface area contributed by atoms with Crippen molar-refractivity contribution in [3.63, 3.8) is 0 Å². The van der Waals surface area contributed by atoms with Gasteiger partial charge in [-0.1, -0.05) is 29.8 Å². The summed E-state index contributed by atoms with van der Waals surface area (Å²) >= 11 is 4.99. The van der Waals surface area contributed by atoms with Crippen molar-refractivity contribution >= 4 is 27.7 Å². The molecule has 4 heteroatoms. The molecular weight excluding hydrogens is 306 g/mol. The average Bonchev–Trinajstić information content (AvgIpc) is 2.33. The highest BCUT2D eigenvalue weighted by Crippen LogP contribution is 2.36. The maximum Gasteiger partial charge on any atom is 0.139 e. The Hall–Kier alpha value is -0.0900. The van der Waals surface area contributed by atoms with Crippen LogP contribution in [0.2, 0.25) is 0 Å². The highest BCUT2D eigenvalue weighted by molar-refractivity contribution is 9.09. The van der Waals surface area contributed by atoms with E-state index in [1.165, 1.54) is 23.9 Å². The smallest absolute Gasteiger partial charge is 0.139 e. The minimum absolute atomic E-state index is 0.186. The Morgan fingerprint density at radius 2 is 1.88 bits per heavy atom. The molecule has 96 valence electrons. The lowest BCUT2D eigenvalue weighted by molar-refractivity contribution is 0.359. The summed E-state index contributed by atoms with van der Waals surface area (Å²) < 4.78 is 26.2.